The standard InChI is InChI=1S/C54H75N9O8/c1-10-15-45(64)61-32-54(71-34-61)21-26-60(27-22-54)52(68)58(8)47(35(3)4)49(65)56-43-31-59-24-13-16-38(30-59)37-19-20-44-40(28-37)41(48(62(44)11-2)39-17-12-23-55-46(39)36(5)69-9)29-53(6,7)33-70-51(67)42-18-14-25-63(57-42)50(43)66/h10,12,15-17,19-20,23,28,35-36,42-43,47,57H,11,13-14,18,21-22,24-27,29-34H2,1-9H3,(H,56,65)/b15-10+/t36-,42-,43-,47-/m0/s1. The van der Waals surface area contributed by atoms with E-state index in [-0.39, 0.29) is 49.7 Å². The van der Waals surface area contributed by atoms with Crippen molar-refractivity contribution < 1.29 is 38.2 Å². The van der Waals surface area contributed by atoms with Gasteiger partial charge in [0, 0.05) is 88.0 Å². The molecule has 3 fully saturated rings. The Kier molecular flexibility index (Phi) is 15.7. The van der Waals surface area contributed by atoms with Crippen molar-refractivity contribution in [3.8, 4) is 11.3 Å². The summed E-state index contributed by atoms with van der Waals surface area (Å²) in [6.45, 7) is 18.1. The predicted molar refractivity (Wildman–Crippen MR) is 271 cm³/mol. The van der Waals surface area contributed by atoms with E-state index >= 15 is 0 Å². The molecule has 6 bridgehead atoms. The third-order valence-electron chi connectivity index (χ3n) is 15.2. The zero-order valence-corrected chi connectivity index (χ0v) is 43.3. The van der Waals surface area contributed by atoms with Crippen LogP contribution in [-0.2, 0) is 46.4 Å². The first-order chi connectivity index (χ1) is 34.0. The molecule has 5 aliphatic heterocycles. The van der Waals surface area contributed by atoms with E-state index < -0.39 is 41.0 Å². The van der Waals surface area contributed by atoms with Gasteiger partial charge in [-0.3, -0.25) is 34.1 Å². The number of likely N-dealkylation sites (N-methyl/N-ethyl adjacent to an activating group) is 1. The normalized spacial score (nSPS) is 23.7. The number of likely N-dealkylation sites (tertiary alicyclic amines) is 1. The average molecular weight is 978 g/mol. The zero-order chi connectivity index (χ0) is 50.8. The molecule has 0 saturated carbocycles. The molecule has 2 N–H and O–H groups in total. The Morgan fingerprint density at radius 3 is 2.56 bits per heavy atom. The summed E-state index contributed by atoms with van der Waals surface area (Å²) in [5.74, 6) is -1.62. The number of hydrogen-bond donors (Lipinski definition) is 2. The number of hydrazine groups is 1. The lowest BCUT2D eigenvalue weighted by Gasteiger charge is -2.41. The Morgan fingerprint density at radius 2 is 1.85 bits per heavy atom. The number of urea groups is 1. The number of allylic oxidation sites excluding steroid dienone is 1. The molecule has 1 aromatic carbocycles. The number of hydrogen-bond acceptors (Lipinski definition) is 11. The van der Waals surface area contributed by atoms with Gasteiger partial charge in [0.1, 0.15) is 24.9 Å². The van der Waals surface area contributed by atoms with Gasteiger partial charge in [-0.05, 0) is 112 Å². The minimum atomic E-state index is -1.01. The van der Waals surface area contributed by atoms with Crippen LogP contribution in [0.2, 0.25) is 0 Å². The van der Waals surface area contributed by atoms with Crippen molar-refractivity contribution in [3.05, 3.63) is 71.6 Å². The van der Waals surface area contributed by atoms with E-state index in [0.29, 0.717) is 77.9 Å². The number of carbonyl (C=O) groups is 5. The molecule has 384 valence electrons. The average Bonchev–Trinajstić information content (AvgIpc) is 3.92. The number of nitrogens with zero attached hydrogens (tertiary/aromatic N) is 7. The number of pyridine rings is 1. The summed E-state index contributed by atoms with van der Waals surface area (Å²) in [6.07, 6.45) is 10.6. The Labute approximate surface area is 418 Å². The number of aryl methyl sites for hydroxylation is 1. The van der Waals surface area contributed by atoms with Crippen LogP contribution < -0.4 is 10.7 Å². The van der Waals surface area contributed by atoms with Gasteiger partial charge in [-0.1, -0.05) is 45.9 Å². The zero-order valence-electron chi connectivity index (χ0n) is 43.3. The van der Waals surface area contributed by atoms with Gasteiger partial charge < -0.3 is 38.8 Å². The van der Waals surface area contributed by atoms with Crippen LogP contribution in [0.3, 0.4) is 0 Å². The van der Waals surface area contributed by atoms with Crippen LogP contribution in [0.25, 0.3) is 27.7 Å². The maximum Gasteiger partial charge on any atom is 0.324 e. The van der Waals surface area contributed by atoms with E-state index in [0.717, 1.165) is 51.0 Å². The van der Waals surface area contributed by atoms with Crippen molar-refractivity contribution in [2.75, 3.05) is 73.3 Å². The second-order valence-electron chi connectivity index (χ2n) is 21.3. The summed E-state index contributed by atoms with van der Waals surface area (Å²) in [6, 6.07) is 7.79. The number of fused-ring (bicyclic) bond motifs is 6. The highest BCUT2D eigenvalue weighted by Gasteiger charge is 2.45. The van der Waals surface area contributed by atoms with Crippen LogP contribution in [0.1, 0.15) is 103 Å². The molecule has 0 radical (unpaired) electrons. The minimum absolute atomic E-state index is 0.0950. The van der Waals surface area contributed by atoms with Gasteiger partial charge in [0.25, 0.3) is 5.91 Å². The number of aromatic nitrogens is 2. The monoisotopic (exact) mass is 978 g/mol. The van der Waals surface area contributed by atoms with Crippen LogP contribution in [0.4, 0.5) is 4.79 Å². The number of ether oxygens (including phenoxy) is 3. The highest BCUT2D eigenvalue weighted by atomic mass is 16.5. The second-order valence-corrected chi connectivity index (χ2v) is 21.3. The van der Waals surface area contributed by atoms with E-state index in [2.05, 4.69) is 71.3 Å². The van der Waals surface area contributed by atoms with E-state index in [1.54, 1.807) is 43.2 Å². The number of nitrogens with one attached hydrogen (secondary N) is 2. The first-order valence-electron chi connectivity index (χ1n) is 25.6. The smallest absolute Gasteiger partial charge is 0.324 e. The lowest BCUT2D eigenvalue weighted by molar-refractivity contribution is -0.155. The topological polar surface area (TPSA) is 171 Å². The van der Waals surface area contributed by atoms with Crippen molar-refractivity contribution >= 4 is 46.2 Å². The van der Waals surface area contributed by atoms with Crippen molar-refractivity contribution in [2.45, 2.75) is 123 Å². The van der Waals surface area contributed by atoms with E-state index in [1.807, 2.05) is 26.8 Å². The molecule has 3 saturated heterocycles. The number of rotatable bonds is 9. The fourth-order valence-electron chi connectivity index (χ4n) is 11.3. The van der Waals surface area contributed by atoms with Gasteiger partial charge in [-0.2, -0.15) is 0 Å². The lowest BCUT2D eigenvalue weighted by Crippen LogP contribution is -2.64. The van der Waals surface area contributed by atoms with Crippen LogP contribution in [0.5, 0.6) is 0 Å². The van der Waals surface area contributed by atoms with Gasteiger partial charge >= 0.3 is 12.0 Å². The van der Waals surface area contributed by atoms with Gasteiger partial charge in [0.15, 0.2) is 0 Å². The molecule has 71 heavy (non-hydrogen) atoms. The van der Waals surface area contributed by atoms with E-state index in [1.165, 1.54) is 16.0 Å². The number of methoxy groups -OCH3 is 1. The van der Waals surface area contributed by atoms with Crippen molar-refractivity contribution in [2.24, 2.45) is 11.3 Å². The third kappa shape index (κ3) is 10.9. The van der Waals surface area contributed by atoms with Crippen LogP contribution in [0, 0.1) is 11.3 Å². The predicted octanol–water partition coefficient (Wildman–Crippen LogP) is 5.93. The van der Waals surface area contributed by atoms with Crippen molar-refractivity contribution in [1.82, 2.24) is 44.9 Å². The van der Waals surface area contributed by atoms with Crippen LogP contribution >= 0.6 is 0 Å². The van der Waals surface area contributed by atoms with Crippen LogP contribution in [-0.4, -0.2) is 161 Å². The molecule has 3 aromatic rings. The molecule has 5 aliphatic rings. The summed E-state index contributed by atoms with van der Waals surface area (Å²) in [7, 11) is 3.34. The van der Waals surface area contributed by atoms with E-state index in [9.17, 15) is 24.0 Å². The van der Waals surface area contributed by atoms with Gasteiger partial charge in [0.2, 0.25) is 11.8 Å². The summed E-state index contributed by atoms with van der Waals surface area (Å²) in [5, 5.41) is 5.72. The molecule has 17 nitrogen and oxygen atoms in total. The largest absolute Gasteiger partial charge is 0.464 e. The number of amides is 5. The Hall–Kier alpha value is -5.62. The number of piperidine rings is 1. The summed E-state index contributed by atoms with van der Waals surface area (Å²) >= 11 is 0. The molecule has 7 heterocycles. The van der Waals surface area contributed by atoms with Gasteiger partial charge in [-0.25, -0.2) is 10.2 Å². The summed E-state index contributed by atoms with van der Waals surface area (Å²) in [5.41, 5.74) is 9.55. The first kappa shape index (κ1) is 51.7. The molecule has 1 spiro atoms. The second kappa shape index (κ2) is 21.6. The fourth-order valence-corrected chi connectivity index (χ4v) is 11.3. The van der Waals surface area contributed by atoms with Gasteiger partial charge in [0.05, 0.1) is 36.2 Å². The molecule has 8 rings (SSSR count). The number of esters is 1. The molecule has 1 unspecified atom stereocenters. The van der Waals surface area contributed by atoms with Crippen molar-refractivity contribution in [1.29, 1.82) is 0 Å². The van der Waals surface area contributed by atoms with Gasteiger partial charge in [-0.15, -0.1) is 0 Å². The molecular formula is C54H75N9O8. The Morgan fingerprint density at radius 1 is 1.07 bits per heavy atom. The summed E-state index contributed by atoms with van der Waals surface area (Å²) < 4.78 is 20.5. The molecule has 0 aliphatic carbocycles. The minimum Gasteiger partial charge on any atom is -0.464 e. The Balaban J connectivity index is 1.08. The number of carbonyl (C=O) groups excluding carboxylic acids is 5. The maximum absolute atomic E-state index is 14.8. The molecule has 17 heteroatoms. The fraction of sp³-hybridized carbons (Fsp3) is 0.593. The third-order valence-corrected chi connectivity index (χ3v) is 15.2. The molecule has 5 atom stereocenters. The highest BCUT2D eigenvalue weighted by Crippen LogP contribution is 2.42. The van der Waals surface area contributed by atoms with E-state index in [4.69, 9.17) is 19.2 Å². The Bertz CT molecular complexity index is 2540. The molecule has 2 aromatic heterocycles. The SMILES string of the molecule is C/C=C/C(=O)N1COC2(CCN(C(=O)N(C)[C@H](C(=O)N[C@H]3CN4CCC=C(C4)c4ccc5c(c4)c(c(-c4cccnc4[C@H](C)OC)n5CC)CC(C)(C)COC(=O)[C@@H]4CCCN(N4)C3=O)C(C)C)CC2)C1. The quantitative estimate of drug-likeness (QED) is 0.193. The lowest BCUT2D eigenvalue weighted by atomic mass is 9.84. The first-order valence-corrected chi connectivity index (χ1v) is 25.6. The molecular weight excluding hydrogens is 903 g/mol. The number of benzene rings is 1. The molecule has 5 amide bonds. The number of cyclic esters (lactones) is 1. The summed E-state index contributed by atoms with van der Waals surface area (Å²) in [4.78, 5) is 82.3. The van der Waals surface area contributed by atoms with Crippen molar-refractivity contribution in [3.63, 3.8) is 0 Å². The maximum atomic E-state index is 14.8. The van der Waals surface area contributed by atoms with Crippen LogP contribution in [0.15, 0.2) is 54.8 Å². The highest BCUT2D eigenvalue weighted by molar-refractivity contribution is 5.95.